The van der Waals surface area contributed by atoms with Crippen molar-refractivity contribution in [1.29, 1.82) is 0 Å². The molecule has 1 aliphatic heterocycles. The number of halogens is 3. The van der Waals surface area contributed by atoms with E-state index in [2.05, 4.69) is 48.0 Å². The number of alkyl halides is 1. The van der Waals surface area contributed by atoms with E-state index >= 15 is 8.78 Å². The molecule has 1 N–H and O–H groups in total. The van der Waals surface area contributed by atoms with E-state index in [1.54, 1.807) is 12.1 Å². The van der Waals surface area contributed by atoms with Crippen LogP contribution in [-0.4, -0.2) is 56.0 Å². The molecule has 0 spiro atoms. The van der Waals surface area contributed by atoms with Crippen molar-refractivity contribution in [3.63, 3.8) is 0 Å². The van der Waals surface area contributed by atoms with Gasteiger partial charge < -0.3 is 15.0 Å². The molecule has 0 amide bonds. The summed E-state index contributed by atoms with van der Waals surface area (Å²) in [5.74, 6) is -0.0929. The molecule has 10 heteroatoms. The molecule has 4 rings (SSSR count). The first kappa shape index (κ1) is 34.1. The lowest BCUT2D eigenvalue weighted by Gasteiger charge is -2.45. The maximum Gasteiger partial charge on any atom is 0.313 e. The molecule has 0 saturated carbocycles. The zero-order valence-electron chi connectivity index (χ0n) is 27.6. The summed E-state index contributed by atoms with van der Waals surface area (Å²) in [7, 11) is 0. The Morgan fingerprint density at radius 1 is 1.20 bits per heavy atom. The summed E-state index contributed by atoms with van der Waals surface area (Å²) < 4.78 is 38.5. The molecule has 242 valence electrons. The molecule has 2 aromatic heterocycles. The van der Waals surface area contributed by atoms with E-state index in [4.69, 9.17) is 16.3 Å². The number of likely N-dealkylation sites (tertiary alicyclic amines) is 1. The van der Waals surface area contributed by atoms with Crippen LogP contribution >= 0.6 is 11.6 Å². The predicted molar refractivity (Wildman–Crippen MR) is 172 cm³/mol. The molecule has 0 radical (unpaired) electrons. The Hall–Kier alpha value is -2.78. The third-order valence-electron chi connectivity index (χ3n) is 8.70. The fourth-order valence-corrected chi connectivity index (χ4v) is 6.54. The molecule has 1 saturated heterocycles. The average molecular weight is 632 g/mol. The number of hydrogen-bond acceptors (Lipinski definition) is 6. The Bertz CT molecular complexity index is 1420. The highest BCUT2D eigenvalue weighted by Crippen LogP contribution is 2.42. The zero-order valence-corrected chi connectivity index (χ0v) is 28.4. The monoisotopic (exact) mass is 631 g/mol. The topological polar surface area (TPSA) is 72.3 Å². The summed E-state index contributed by atoms with van der Waals surface area (Å²) in [4.78, 5) is 20.7. The van der Waals surface area contributed by atoms with Crippen LogP contribution in [0.1, 0.15) is 86.0 Å². The minimum Gasteiger partial charge on any atom is -0.460 e. The van der Waals surface area contributed by atoms with Gasteiger partial charge in [-0.25, -0.2) is 13.8 Å². The van der Waals surface area contributed by atoms with E-state index in [0.717, 1.165) is 5.69 Å². The SMILES string of the molecule is Cc1cc(Nc2ccc(F)c(C[C@@]3(C(=O)OC(C)(C)C)CCN(CCC4C=CC=C(Cl)C4(C)F)[C@H](C)C3)n2)nn1C(C)(C)C. The molecule has 2 unspecified atom stereocenters. The molecular weight excluding hydrogens is 584 g/mol. The first-order chi connectivity index (χ1) is 20.3. The lowest BCUT2D eigenvalue weighted by molar-refractivity contribution is -0.172. The van der Waals surface area contributed by atoms with E-state index in [9.17, 15) is 4.79 Å². The summed E-state index contributed by atoms with van der Waals surface area (Å²) >= 11 is 6.17. The molecule has 0 bridgehead atoms. The number of hydrogen-bond donors (Lipinski definition) is 1. The Morgan fingerprint density at radius 2 is 1.91 bits per heavy atom. The zero-order chi connectivity index (χ0) is 32.7. The second kappa shape index (κ2) is 12.5. The van der Waals surface area contributed by atoms with Crippen LogP contribution in [-0.2, 0) is 21.5 Å². The number of nitrogens with one attached hydrogen (secondary N) is 1. The normalized spacial score (nSPS) is 26.4. The Balaban J connectivity index is 1.54. The minimum absolute atomic E-state index is 0.0190. The number of esters is 1. The van der Waals surface area contributed by atoms with Gasteiger partial charge in [-0.1, -0.05) is 23.8 Å². The number of carbonyl (C=O) groups excluding carboxylic acids is 1. The van der Waals surface area contributed by atoms with Crippen LogP contribution in [0.4, 0.5) is 20.4 Å². The third kappa shape index (κ3) is 7.71. The van der Waals surface area contributed by atoms with Crippen molar-refractivity contribution in [3.8, 4) is 0 Å². The van der Waals surface area contributed by atoms with E-state index in [-0.39, 0.29) is 40.6 Å². The second-order valence-corrected chi connectivity index (χ2v) is 15.1. The van der Waals surface area contributed by atoms with Gasteiger partial charge in [0.2, 0.25) is 0 Å². The number of ether oxygens (including phenoxy) is 1. The average Bonchev–Trinajstić information content (AvgIpc) is 3.27. The molecule has 2 aliphatic rings. The predicted octanol–water partition coefficient (Wildman–Crippen LogP) is 8.01. The number of pyridine rings is 1. The van der Waals surface area contributed by atoms with Crippen LogP contribution < -0.4 is 5.32 Å². The Morgan fingerprint density at radius 3 is 2.52 bits per heavy atom. The van der Waals surface area contributed by atoms with E-state index in [1.165, 1.54) is 13.0 Å². The van der Waals surface area contributed by atoms with Gasteiger partial charge >= 0.3 is 5.97 Å². The van der Waals surface area contributed by atoms with Crippen LogP contribution in [0.3, 0.4) is 0 Å². The Kier molecular flexibility index (Phi) is 9.72. The van der Waals surface area contributed by atoms with Gasteiger partial charge in [-0.05, 0) is 113 Å². The van der Waals surface area contributed by atoms with Gasteiger partial charge in [-0.2, -0.15) is 5.10 Å². The number of nitrogens with zero attached hydrogens (tertiary/aromatic N) is 4. The van der Waals surface area contributed by atoms with Crippen molar-refractivity contribution in [2.45, 2.75) is 111 Å². The van der Waals surface area contributed by atoms with Crippen LogP contribution in [0.5, 0.6) is 0 Å². The fourth-order valence-electron chi connectivity index (χ4n) is 6.32. The summed E-state index contributed by atoms with van der Waals surface area (Å²) in [6.07, 6.45) is 6.91. The highest BCUT2D eigenvalue weighted by molar-refractivity contribution is 6.30. The molecule has 7 nitrogen and oxygen atoms in total. The van der Waals surface area contributed by atoms with Gasteiger partial charge in [0.15, 0.2) is 5.82 Å². The molecule has 44 heavy (non-hydrogen) atoms. The van der Waals surface area contributed by atoms with Gasteiger partial charge in [0.05, 0.1) is 21.7 Å². The van der Waals surface area contributed by atoms with Crippen molar-refractivity contribution in [1.82, 2.24) is 19.7 Å². The van der Waals surface area contributed by atoms with Crippen molar-refractivity contribution in [2.24, 2.45) is 11.3 Å². The largest absolute Gasteiger partial charge is 0.460 e. The molecular formula is C34H48ClF2N5O2. The number of allylic oxidation sites excluding steroid dienone is 4. The molecule has 3 heterocycles. The van der Waals surface area contributed by atoms with Crippen LogP contribution in [0.25, 0.3) is 0 Å². The number of rotatable bonds is 8. The van der Waals surface area contributed by atoms with Gasteiger partial charge in [-0.15, -0.1) is 0 Å². The van der Waals surface area contributed by atoms with E-state index < -0.39 is 22.5 Å². The number of piperidine rings is 1. The standard InChI is InChI=1S/C34H48ClF2N5O2/c1-22-19-29(40-42(22)31(3,4)5)39-28-14-13-25(36)26(38-28)21-34(30(43)44-32(6,7)8)16-18-41(23(2)20-34)17-15-24-11-10-12-27(35)33(24,9)37/h10-14,19,23-24H,15-18,20-21H2,1-9H3,(H,38,39,40)/t23-,24?,33?,34-/m1/s1. The third-order valence-corrected chi connectivity index (χ3v) is 9.19. The quantitative estimate of drug-likeness (QED) is 0.298. The summed E-state index contributed by atoms with van der Waals surface area (Å²) in [6, 6.07) is 4.86. The molecule has 4 atom stereocenters. The Labute approximate surface area is 266 Å². The van der Waals surface area contributed by atoms with Crippen LogP contribution in [0.2, 0.25) is 0 Å². The van der Waals surface area contributed by atoms with E-state index in [1.807, 2.05) is 50.6 Å². The fraction of sp³-hybridized carbons (Fsp3) is 0.618. The number of carbonyl (C=O) groups is 1. The number of anilines is 2. The lowest BCUT2D eigenvalue weighted by atomic mass is 9.71. The lowest BCUT2D eigenvalue weighted by Crippen LogP contribution is -2.52. The minimum atomic E-state index is -1.61. The highest BCUT2D eigenvalue weighted by Gasteiger charge is 2.48. The summed E-state index contributed by atoms with van der Waals surface area (Å²) in [5, 5.41) is 8.09. The van der Waals surface area contributed by atoms with Gasteiger partial charge in [0, 0.05) is 30.1 Å². The maximum atomic E-state index is 15.3. The second-order valence-electron chi connectivity index (χ2n) is 14.7. The number of aromatic nitrogens is 3. The van der Waals surface area contributed by atoms with Crippen molar-refractivity contribution >= 4 is 29.2 Å². The van der Waals surface area contributed by atoms with Crippen molar-refractivity contribution < 1.29 is 18.3 Å². The summed E-state index contributed by atoms with van der Waals surface area (Å²) in [6.45, 7) is 18.5. The van der Waals surface area contributed by atoms with E-state index in [0.29, 0.717) is 44.0 Å². The first-order valence-corrected chi connectivity index (χ1v) is 15.9. The summed E-state index contributed by atoms with van der Waals surface area (Å²) in [5.41, 5.74) is -2.28. The van der Waals surface area contributed by atoms with Crippen LogP contribution in [0, 0.1) is 24.1 Å². The van der Waals surface area contributed by atoms with Crippen molar-refractivity contribution in [3.05, 3.63) is 58.7 Å². The van der Waals surface area contributed by atoms with Crippen LogP contribution in [0.15, 0.2) is 41.5 Å². The highest BCUT2D eigenvalue weighted by atomic mass is 35.5. The molecule has 1 aliphatic carbocycles. The molecule has 2 aromatic rings. The maximum absolute atomic E-state index is 15.3. The smallest absolute Gasteiger partial charge is 0.313 e. The van der Waals surface area contributed by atoms with Gasteiger partial charge in [-0.3, -0.25) is 9.48 Å². The molecule has 0 aromatic carbocycles. The van der Waals surface area contributed by atoms with Crippen molar-refractivity contribution in [2.75, 3.05) is 18.4 Å². The molecule has 1 fully saturated rings. The van der Waals surface area contributed by atoms with Gasteiger partial charge in [0.1, 0.15) is 22.9 Å². The number of aryl methyl sites for hydroxylation is 1. The first-order valence-electron chi connectivity index (χ1n) is 15.5. The van der Waals surface area contributed by atoms with Gasteiger partial charge in [0.25, 0.3) is 0 Å².